The predicted molar refractivity (Wildman–Crippen MR) is 236 cm³/mol. The van der Waals surface area contributed by atoms with Crippen LogP contribution in [0.1, 0.15) is 92.1 Å². The first-order valence-electron chi connectivity index (χ1n) is 21.8. The van der Waals surface area contributed by atoms with Crippen LogP contribution in [0.15, 0.2) is 120 Å². The van der Waals surface area contributed by atoms with Gasteiger partial charge in [0.05, 0.1) is 25.9 Å². The summed E-state index contributed by atoms with van der Waals surface area (Å²) in [6, 6.07) is 29.8. The third-order valence-corrected chi connectivity index (χ3v) is 18.6. The molecule has 2 aliphatic carbocycles. The number of cyclic esters (lactones) is 2. The Bertz CT molecular complexity index is 1980. The van der Waals surface area contributed by atoms with Crippen LogP contribution >= 0.6 is 0 Å². The SMILES string of the molecule is C/C=C/CCCCC[C@@H]1C=C2[C@H](Cc3ccc(OC)cc3)[C@@H](C3=C(CC24COC(C)(C)OC4)C(=O)OC3=O)[C@H]1CCO[Si](c1ccccc1)(c1ccccc1)C(C)(C)C. The highest BCUT2D eigenvalue weighted by Gasteiger charge is 2.58. The van der Waals surface area contributed by atoms with E-state index in [1.807, 2.05) is 26.0 Å². The van der Waals surface area contributed by atoms with Crippen LogP contribution in [0.5, 0.6) is 5.75 Å². The van der Waals surface area contributed by atoms with Gasteiger partial charge in [0.2, 0.25) is 0 Å². The minimum absolute atomic E-state index is 0.0243. The van der Waals surface area contributed by atoms with Crippen LogP contribution in [0.2, 0.25) is 5.04 Å². The van der Waals surface area contributed by atoms with E-state index >= 15 is 0 Å². The third-order valence-electron chi connectivity index (χ3n) is 13.5. The Morgan fingerprint density at radius 3 is 2.07 bits per heavy atom. The molecule has 1 saturated heterocycles. The normalized spacial score (nSPS) is 23.9. The Labute approximate surface area is 353 Å². The number of esters is 2. The average molecular weight is 817 g/mol. The van der Waals surface area contributed by atoms with Crippen molar-refractivity contribution in [2.75, 3.05) is 26.9 Å². The van der Waals surface area contributed by atoms with E-state index in [4.69, 9.17) is 23.4 Å². The molecule has 7 nitrogen and oxygen atoms in total. The van der Waals surface area contributed by atoms with Crippen LogP contribution in [0.3, 0.4) is 0 Å². The molecule has 0 aromatic heterocycles. The Kier molecular flexibility index (Phi) is 13.0. The van der Waals surface area contributed by atoms with Gasteiger partial charge in [-0.15, -0.1) is 0 Å². The summed E-state index contributed by atoms with van der Waals surface area (Å²) >= 11 is 0. The molecule has 3 aromatic rings. The molecule has 0 radical (unpaired) electrons. The fourth-order valence-corrected chi connectivity index (χ4v) is 15.2. The van der Waals surface area contributed by atoms with E-state index in [1.54, 1.807) is 7.11 Å². The summed E-state index contributed by atoms with van der Waals surface area (Å²) in [5.41, 5.74) is 2.85. The summed E-state index contributed by atoms with van der Waals surface area (Å²) in [6.45, 7) is 14.2. The van der Waals surface area contributed by atoms with Gasteiger partial charge in [-0.25, -0.2) is 9.59 Å². The van der Waals surface area contributed by atoms with Crippen LogP contribution in [0.25, 0.3) is 0 Å². The molecular weight excluding hydrogens is 753 g/mol. The number of unbranched alkanes of at least 4 members (excludes halogenated alkanes) is 3. The van der Waals surface area contributed by atoms with Crippen molar-refractivity contribution in [2.24, 2.45) is 29.1 Å². The van der Waals surface area contributed by atoms with Crippen molar-refractivity contribution in [3.8, 4) is 5.75 Å². The smallest absolute Gasteiger partial charge is 0.342 e. The summed E-state index contributed by atoms with van der Waals surface area (Å²) in [4.78, 5) is 28.1. The number of rotatable bonds is 15. The molecule has 2 bridgehead atoms. The van der Waals surface area contributed by atoms with E-state index in [0.717, 1.165) is 49.8 Å². The van der Waals surface area contributed by atoms with E-state index in [2.05, 4.69) is 119 Å². The van der Waals surface area contributed by atoms with Gasteiger partial charge >= 0.3 is 11.9 Å². The average Bonchev–Trinajstić information content (AvgIpc) is 3.46. The topological polar surface area (TPSA) is 80.3 Å². The van der Waals surface area contributed by atoms with Gasteiger partial charge < -0.3 is 23.4 Å². The second kappa shape index (κ2) is 17.9. The number of fused-ring (bicyclic) bond motifs is 4. The zero-order valence-corrected chi connectivity index (χ0v) is 37.3. The Balaban J connectivity index is 1.35. The van der Waals surface area contributed by atoms with E-state index < -0.39 is 31.5 Å². The van der Waals surface area contributed by atoms with Crippen LogP contribution in [-0.2, 0) is 34.6 Å². The Morgan fingerprint density at radius 1 is 0.831 bits per heavy atom. The lowest BCUT2D eigenvalue weighted by molar-refractivity contribution is -0.279. The Morgan fingerprint density at radius 2 is 1.47 bits per heavy atom. The first-order chi connectivity index (χ1) is 28.3. The predicted octanol–water partition coefficient (Wildman–Crippen LogP) is 9.69. The van der Waals surface area contributed by atoms with Gasteiger partial charge in [0.1, 0.15) is 5.75 Å². The highest BCUT2D eigenvalue weighted by Crippen LogP contribution is 2.59. The number of benzene rings is 3. The zero-order valence-electron chi connectivity index (χ0n) is 36.3. The fraction of sp³-hybridized carbons (Fsp3) is 0.490. The number of allylic oxidation sites excluding steroid dienone is 3. The lowest BCUT2D eigenvalue weighted by atomic mass is 9.58. The van der Waals surface area contributed by atoms with Gasteiger partial charge in [-0.05, 0) is 110 Å². The summed E-state index contributed by atoms with van der Waals surface area (Å²) in [5.74, 6) is -1.15. The first-order valence-corrected chi connectivity index (χ1v) is 23.7. The number of carbonyl (C=O) groups excluding carboxylic acids is 2. The molecule has 0 unspecified atom stereocenters. The van der Waals surface area contributed by atoms with Gasteiger partial charge in [0, 0.05) is 23.5 Å². The molecule has 59 heavy (non-hydrogen) atoms. The van der Waals surface area contributed by atoms with Gasteiger partial charge in [-0.1, -0.05) is 130 Å². The number of methoxy groups -OCH3 is 1. The molecule has 0 saturated carbocycles. The minimum atomic E-state index is -2.85. The quantitative estimate of drug-likeness (QED) is 0.0497. The second-order valence-electron chi connectivity index (χ2n) is 18.6. The molecule has 314 valence electrons. The summed E-state index contributed by atoms with van der Waals surface area (Å²) in [5, 5.41) is 2.30. The summed E-state index contributed by atoms with van der Waals surface area (Å²) < 4.78 is 31.7. The van der Waals surface area contributed by atoms with Crippen molar-refractivity contribution in [1.82, 2.24) is 0 Å². The molecule has 2 heterocycles. The van der Waals surface area contributed by atoms with Crippen molar-refractivity contribution < 1.29 is 33.0 Å². The molecule has 0 N–H and O–H groups in total. The van der Waals surface area contributed by atoms with Gasteiger partial charge in [-0.3, -0.25) is 0 Å². The maximum absolute atomic E-state index is 14.2. The van der Waals surface area contributed by atoms with Gasteiger partial charge in [0.25, 0.3) is 8.32 Å². The molecule has 4 atom stereocenters. The summed E-state index contributed by atoms with van der Waals surface area (Å²) in [6.07, 6.45) is 14.1. The zero-order chi connectivity index (χ0) is 41.8. The van der Waals surface area contributed by atoms with Crippen LogP contribution in [0.4, 0.5) is 0 Å². The lowest BCUT2D eigenvalue weighted by Crippen LogP contribution is -2.66. The van der Waals surface area contributed by atoms with Crippen LogP contribution in [0, 0.1) is 29.1 Å². The number of carbonyl (C=O) groups is 2. The maximum Gasteiger partial charge on any atom is 0.342 e. The molecule has 2 aliphatic heterocycles. The fourth-order valence-electron chi connectivity index (χ4n) is 10.6. The molecule has 8 heteroatoms. The van der Waals surface area contributed by atoms with Crippen molar-refractivity contribution in [3.05, 3.63) is 125 Å². The summed E-state index contributed by atoms with van der Waals surface area (Å²) in [7, 11) is -1.17. The van der Waals surface area contributed by atoms with E-state index in [-0.39, 0.29) is 28.7 Å². The van der Waals surface area contributed by atoms with E-state index in [9.17, 15) is 9.59 Å². The van der Waals surface area contributed by atoms with Crippen LogP contribution < -0.4 is 15.1 Å². The van der Waals surface area contributed by atoms with Crippen molar-refractivity contribution in [2.45, 2.75) is 104 Å². The second-order valence-corrected chi connectivity index (χ2v) is 23.0. The first kappa shape index (κ1) is 43.0. The van der Waals surface area contributed by atoms with Crippen molar-refractivity contribution in [3.63, 3.8) is 0 Å². The molecule has 1 fully saturated rings. The van der Waals surface area contributed by atoms with E-state index in [0.29, 0.717) is 43.8 Å². The monoisotopic (exact) mass is 816 g/mol. The standard InChI is InChI=1S/C51H64O7Si/c1-8-9-10-11-12-15-20-37-32-44-42(31-36-25-27-38(54-7)28-26-36)45(46-43(47(52)58-48(46)53)33-51(44)34-55-50(5,6)56-35-51)41(37)29-30-57-59(49(2,3)4,39-21-16-13-17-22-39)40-23-18-14-19-24-40/h8-9,13-14,16-19,21-28,32,37,41-42,45H,10-12,15,20,29-31,33-35H2,1-7H3/b9-8+/t37-,41+,42+,45+/m1/s1. The molecule has 0 amide bonds. The molecule has 7 rings (SSSR count). The molecule has 3 aromatic carbocycles. The van der Waals surface area contributed by atoms with Crippen molar-refractivity contribution >= 4 is 30.6 Å². The highest BCUT2D eigenvalue weighted by atomic mass is 28.4. The number of hydrogen-bond acceptors (Lipinski definition) is 7. The molecular formula is C51H64O7Si. The van der Waals surface area contributed by atoms with E-state index in [1.165, 1.54) is 15.9 Å². The largest absolute Gasteiger partial charge is 0.497 e. The van der Waals surface area contributed by atoms with Gasteiger partial charge in [0.15, 0.2) is 5.79 Å². The number of ether oxygens (including phenoxy) is 4. The Hall–Kier alpha value is -4.08. The van der Waals surface area contributed by atoms with Gasteiger partial charge in [-0.2, -0.15) is 0 Å². The maximum atomic E-state index is 14.2. The minimum Gasteiger partial charge on any atom is -0.497 e. The highest BCUT2D eigenvalue weighted by molar-refractivity contribution is 6.99. The molecule has 4 aliphatic rings. The lowest BCUT2D eigenvalue weighted by Gasteiger charge is -2.51. The molecule has 1 spiro atoms. The van der Waals surface area contributed by atoms with Crippen LogP contribution in [-0.4, -0.2) is 53.0 Å². The third kappa shape index (κ3) is 8.74. The number of hydrogen-bond donors (Lipinski definition) is 0. The van der Waals surface area contributed by atoms with Crippen molar-refractivity contribution in [1.29, 1.82) is 0 Å².